The van der Waals surface area contributed by atoms with Crippen molar-refractivity contribution in [3.63, 3.8) is 0 Å². The van der Waals surface area contributed by atoms with Gasteiger partial charge in [-0.2, -0.15) is 0 Å². The molecule has 3 rings (SSSR count). The van der Waals surface area contributed by atoms with Gasteiger partial charge in [-0.25, -0.2) is 13.8 Å². The molecule has 0 unspecified atom stereocenters. The molecule has 0 aliphatic heterocycles. The van der Waals surface area contributed by atoms with E-state index in [-0.39, 0.29) is 35.6 Å². The summed E-state index contributed by atoms with van der Waals surface area (Å²) in [6, 6.07) is 9.88. The smallest absolute Gasteiger partial charge is 0.191 e. The lowest BCUT2D eigenvalue weighted by Crippen LogP contribution is -2.37. The van der Waals surface area contributed by atoms with E-state index in [9.17, 15) is 8.78 Å². The second kappa shape index (κ2) is 10.9. The molecule has 0 amide bonds. The molecule has 0 saturated carbocycles. The largest absolute Gasteiger partial charge is 0.356 e. The molecule has 29 heavy (non-hydrogen) atoms. The summed E-state index contributed by atoms with van der Waals surface area (Å²) in [7, 11) is 1.68. The van der Waals surface area contributed by atoms with Crippen LogP contribution in [-0.2, 0) is 13.0 Å². The fourth-order valence-corrected chi connectivity index (χ4v) is 2.93. The van der Waals surface area contributed by atoms with Crippen LogP contribution in [-0.4, -0.2) is 29.1 Å². The summed E-state index contributed by atoms with van der Waals surface area (Å²) in [5.74, 6) is 0.0869. The standard InChI is InChI=1S/C21H23F2N5.HI/c1-15-11-18(22)5-4-17(15)7-8-26-21(24-2)27-13-16-3-6-20(19(23)12-16)28-10-9-25-14-28;/h3-6,9-12,14H,7-8,13H2,1-2H3,(H2,24,26,27);1H. The lowest BCUT2D eigenvalue weighted by molar-refractivity contribution is 0.615. The highest BCUT2D eigenvalue weighted by molar-refractivity contribution is 14.0. The van der Waals surface area contributed by atoms with Gasteiger partial charge < -0.3 is 15.2 Å². The van der Waals surface area contributed by atoms with Gasteiger partial charge in [-0.05, 0) is 54.3 Å². The minimum absolute atomic E-state index is 0. The summed E-state index contributed by atoms with van der Waals surface area (Å²) < 4.78 is 29.1. The van der Waals surface area contributed by atoms with Crippen molar-refractivity contribution in [1.29, 1.82) is 0 Å². The van der Waals surface area contributed by atoms with Crippen molar-refractivity contribution < 1.29 is 8.78 Å². The van der Waals surface area contributed by atoms with Crippen LogP contribution >= 0.6 is 24.0 Å². The van der Waals surface area contributed by atoms with Crippen LogP contribution in [0.2, 0.25) is 0 Å². The number of aryl methyl sites for hydroxylation is 1. The van der Waals surface area contributed by atoms with Crippen LogP contribution in [0, 0.1) is 18.6 Å². The van der Waals surface area contributed by atoms with Crippen LogP contribution in [0.15, 0.2) is 60.1 Å². The predicted octanol–water partition coefficient (Wildman–Crippen LogP) is 3.98. The number of nitrogens with zero attached hydrogens (tertiary/aromatic N) is 3. The van der Waals surface area contributed by atoms with Crippen LogP contribution in [0.5, 0.6) is 0 Å². The molecule has 1 heterocycles. The van der Waals surface area contributed by atoms with E-state index in [0.717, 1.165) is 23.1 Å². The first-order valence-corrected chi connectivity index (χ1v) is 9.03. The number of halogens is 3. The zero-order valence-corrected chi connectivity index (χ0v) is 18.7. The molecule has 2 aromatic carbocycles. The lowest BCUT2D eigenvalue weighted by atomic mass is 10.1. The van der Waals surface area contributed by atoms with Gasteiger partial charge in [0.15, 0.2) is 5.96 Å². The molecule has 1 aromatic heterocycles. The first kappa shape index (κ1) is 22.8. The molecular weight excluding hydrogens is 487 g/mol. The Morgan fingerprint density at radius 3 is 2.62 bits per heavy atom. The Labute approximate surface area is 186 Å². The van der Waals surface area contributed by atoms with Crippen LogP contribution in [0.3, 0.4) is 0 Å². The first-order valence-electron chi connectivity index (χ1n) is 9.03. The molecule has 0 fully saturated rings. The number of imidazole rings is 1. The van der Waals surface area contributed by atoms with Gasteiger partial charge in [-0.15, -0.1) is 24.0 Å². The summed E-state index contributed by atoms with van der Waals surface area (Å²) in [5.41, 5.74) is 3.27. The van der Waals surface area contributed by atoms with Crippen molar-refractivity contribution in [1.82, 2.24) is 20.2 Å². The minimum atomic E-state index is -0.313. The fraction of sp³-hybridized carbons (Fsp3) is 0.238. The summed E-state index contributed by atoms with van der Waals surface area (Å²) in [6.07, 6.45) is 5.62. The topological polar surface area (TPSA) is 54.2 Å². The number of aliphatic imine (C=N–C) groups is 1. The second-order valence-corrected chi connectivity index (χ2v) is 6.43. The monoisotopic (exact) mass is 511 g/mol. The van der Waals surface area contributed by atoms with Gasteiger partial charge in [0.25, 0.3) is 0 Å². The normalized spacial score (nSPS) is 11.1. The van der Waals surface area contributed by atoms with Gasteiger partial charge in [0.1, 0.15) is 11.6 Å². The summed E-state index contributed by atoms with van der Waals surface area (Å²) in [4.78, 5) is 8.11. The van der Waals surface area contributed by atoms with Gasteiger partial charge in [0.05, 0.1) is 12.0 Å². The molecule has 0 bridgehead atoms. The summed E-state index contributed by atoms with van der Waals surface area (Å²) in [5, 5.41) is 6.39. The Kier molecular flexibility index (Phi) is 8.56. The highest BCUT2D eigenvalue weighted by Gasteiger charge is 2.06. The van der Waals surface area contributed by atoms with E-state index in [4.69, 9.17) is 0 Å². The molecule has 0 saturated heterocycles. The molecule has 0 spiro atoms. The SMILES string of the molecule is CN=C(NCCc1ccc(F)cc1C)NCc1ccc(-n2ccnc2)c(F)c1.I. The number of nitrogens with one attached hydrogen (secondary N) is 2. The van der Waals surface area contributed by atoms with Crippen molar-refractivity contribution in [2.45, 2.75) is 19.9 Å². The third kappa shape index (κ3) is 6.25. The van der Waals surface area contributed by atoms with E-state index in [1.165, 1.54) is 18.2 Å². The Morgan fingerprint density at radius 2 is 1.97 bits per heavy atom. The third-order valence-corrected chi connectivity index (χ3v) is 4.47. The summed E-state index contributed by atoms with van der Waals surface area (Å²) >= 11 is 0. The molecular formula is C21H24F2IN5. The number of hydrogen-bond acceptors (Lipinski definition) is 2. The average molecular weight is 511 g/mol. The molecule has 8 heteroatoms. The molecule has 0 aliphatic rings. The quantitative estimate of drug-likeness (QED) is 0.299. The number of hydrogen-bond donors (Lipinski definition) is 2. The van der Waals surface area contributed by atoms with Crippen LogP contribution < -0.4 is 10.6 Å². The zero-order valence-electron chi connectivity index (χ0n) is 16.3. The fourth-order valence-electron chi connectivity index (χ4n) is 2.93. The Bertz CT molecular complexity index is 958. The van der Waals surface area contributed by atoms with Crippen LogP contribution in [0.25, 0.3) is 5.69 Å². The van der Waals surface area contributed by atoms with E-state index in [1.54, 1.807) is 42.5 Å². The Hall–Kier alpha value is -2.49. The van der Waals surface area contributed by atoms with Crippen molar-refractivity contribution in [2.75, 3.05) is 13.6 Å². The number of rotatable bonds is 6. The number of guanidine groups is 1. The molecule has 0 radical (unpaired) electrons. The molecule has 154 valence electrons. The highest BCUT2D eigenvalue weighted by atomic mass is 127. The predicted molar refractivity (Wildman–Crippen MR) is 122 cm³/mol. The van der Waals surface area contributed by atoms with E-state index >= 15 is 0 Å². The van der Waals surface area contributed by atoms with Gasteiger partial charge in [-0.1, -0.05) is 12.1 Å². The van der Waals surface area contributed by atoms with Crippen LogP contribution in [0.1, 0.15) is 16.7 Å². The van der Waals surface area contributed by atoms with E-state index < -0.39 is 0 Å². The first-order chi connectivity index (χ1) is 13.6. The Balaban J connectivity index is 0.00000300. The maximum Gasteiger partial charge on any atom is 0.191 e. The van der Waals surface area contributed by atoms with E-state index in [2.05, 4.69) is 20.6 Å². The van der Waals surface area contributed by atoms with Crippen molar-refractivity contribution >= 4 is 29.9 Å². The zero-order chi connectivity index (χ0) is 19.9. The Morgan fingerprint density at radius 1 is 1.14 bits per heavy atom. The van der Waals surface area contributed by atoms with Gasteiger partial charge >= 0.3 is 0 Å². The van der Waals surface area contributed by atoms with Crippen molar-refractivity contribution in [3.05, 3.63) is 83.4 Å². The molecule has 0 atom stereocenters. The second-order valence-electron chi connectivity index (χ2n) is 6.43. The maximum atomic E-state index is 14.3. The molecule has 2 N–H and O–H groups in total. The van der Waals surface area contributed by atoms with E-state index in [1.807, 2.05) is 13.0 Å². The van der Waals surface area contributed by atoms with Crippen molar-refractivity contribution in [3.8, 4) is 5.69 Å². The third-order valence-electron chi connectivity index (χ3n) is 4.47. The number of aromatic nitrogens is 2. The lowest BCUT2D eigenvalue weighted by Gasteiger charge is -2.13. The van der Waals surface area contributed by atoms with Crippen molar-refractivity contribution in [2.24, 2.45) is 4.99 Å². The molecule has 0 aliphatic carbocycles. The molecule has 5 nitrogen and oxygen atoms in total. The van der Waals surface area contributed by atoms with Gasteiger partial charge in [0.2, 0.25) is 0 Å². The molecule has 3 aromatic rings. The van der Waals surface area contributed by atoms with Gasteiger partial charge in [-0.3, -0.25) is 4.99 Å². The van der Waals surface area contributed by atoms with Crippen LogP contribution in [0.4, 0.5) is 8.78 Å². The summed E-state index contributed by atoms with van der Waals surface area (Å²) in [6.45, 7) is 2.99. The van der Waals surface area contributed by atoms with Gasteiger partial charge in [0, 0.05) is 32.5 Å². The average Bonchev–Trinajstić information content (AvgIpc) is 3.20. The highest BCUT2D eigenvalue weighted by Crippen LogP contribution is 2.15. The maximum absolute atomic E-state index is 14.3. The minimum Gasteiger partial charge on any atom is -0.356 e. The number of benzene rings is 2. The van der Waals surface area contributed by atoms with E-state index in [0.29, 0.717) is 24.7 Å².